The standard InChI is InChI=1S/C20H21NO2/c1-21-16-9-10-18(21)19(20(22)23-2)17(12-16)15-8-7-13-5-3-4-6-14(13)11-15/h3-8,11,16,18H,9-10,12H2,1-2H3/t16-,18?/m1/s1. The van der Waals surface area contributed by atoms with Gasteiger partial charge in [0.05, 0.1) is 12.7 Å². The summed E-state index contributed by atoms with van der Waals surface area (Å²) in [6, 6.07) is 15.6. The molecule has 0 aliphatic carbocycles. The minimum absolute atomic E-state index is 0.176. The summed E-state index contributed by atoms with van der Waals surface area (Å²) in [5.41, 5.74) is 3.20. The Morgan fingerprint density at radius 3 is 2.70 bits per heavy atom. The lowest BCUT2D eigenvalue weighted by Gasteiger charge is -2.34. The van der Waals surface area contributed by atoms with E-state index < -0.39 is 0 Å². The molecule has 1 fully saturated rings. The zero-order valence-electron chi connectivity index (χ0n) is 13.6. The molecule has 0 radical (unpaired) electrons. The van der Waals surface area contributed by atoms with Crippen LogP contribution >= 0.6 is 0 Å². The normalized spacial score (nSPS) is 24.3. The average Bonchev–Trinajstić information content (AvgIpc) is 2.83. The molecule has 0 amide bonds. The molecule has 0 saturated carbocycles. The molecule has 2 aliphatic heterocycles. The van der Waals surface area contributed by atoms with Gasteiger partial charge >= 0.3 is 5.97 Å². The fraction of sp³-hybridized carbons (Fsp3) is 0.350. The van der Waals surface area contributed by atoms with E-state index in [1.807, 2.05) is 0 Å². The highest BCUT2D eigenvalue weighted by atomic mass is 16.5. The Morgan fingerprint density at radius 2 is 1.91 bits per heavy atom. The van der Waals surface area contributed by atoms with Crippen LogP contribution in [0.5, 0.6) is 0 Å². The van der Waals surface area contributed by atoms with Crippen molar-refractivity contribution in [2.45, 2.75) is 31.3 Å². The molecule has 2 aromatic rings. The number of carbonyl (C=O) groups excluding carboxylic acids is 1. The van der Waals surface area contributed by atoms with Gasteiger partial charge in [0, 0.05) is 12.1 Å². The zero-order valence-corrected chi connectivity index (χ0v) is 13.6. The van der Waals surface area contributed by atoms with Crippen LogP contribution in [0.15, 0.2) is 48.0 Å². The molecule has 0 spiro atoms. The SMILES string of the molecule is COC(=O)C1=C(c2ccc3ccccc3c2)C[C@H]2CCC1N2C. The molecule has 118 valence electrons. The summed E-state index contributed by atoms with van der Waals surface area (Å²) in [6.07, 6.45) is 3.12. The summed E-state index contributed by atoms with van der Waals surface area (Å²) < 4.78 is 5.10. The quantitative estimate of drug-likeness (QED) is 0.794. The lowest BCUT2D eigenvalue weighted by molar-refractivity contribution is -0.136. The van der Waals surface area contributed by atoms with Crippen molar-refractivity contribution in [2.24, 2.45) is 0 Å². The molecule has 2 bridgehead atoms. The van der Waals surface area contributed by atoms with Crippen molar-refractivity contribution in [1.82, 2.24) is 4.90 Å². The number of esters is 1. The highest BCUT2D eigenvalue weighted by molar-refractivity contribution is 6.00. The molecule has 4 rings (SSSR count). The fourth-order valence-corrected chi connectivity index (χ4v) is 4.17. The lowest BCUT2D eigenvalue weighted by atomic mass is 9.88. The molecule has 2 aliphatic rings. The number of fused-ring (bicyclic) bond motifs is 3. The van der Waals surface area contributed by atoms with Crippen molar-refractivity contribution >= 4 is 22.3 Å². The van der Waals surface area contributed by atoms with Crippen molar-refractivity contribution in [3.63, 3.8) is 0 Å². The number of ether oxygens (including phenoxy) is 1. The number of hydrogen-bond acceptors (Lipinski definition) is 3. The number of benzene rings is 2. The van der Waals surface area contributed by atoms with Crippen LogP contribution in [0, 0.1) is 0 Å². The van der Waals surface area contributed by atoms with Crippen LogP contribution in [0.1, 0.15) is 24.8 Å². The number of methoxy groups -OCH3 is 1. The van der Waals surface area contributed by atoms with E-state index in [0.717, 1.165) is 30.4 Å². The largest absolute Gasteiger partial charge is 0.466 e. The maximum Gasteiger partial charge on any atom is 0.335 e. The zero-order chi connectivity index (χ0) is 16.0. The number of hydrogen-bond donors (Lipinski definition) is 0. The number of rotatable bonds is 2. The second kappa shape index (κ2) is 5.50. The molecule has 0 N–H and O–H groups in total. The summed E-state index contributed by atoms with van der Waals surface area (Å²) in [5, 5.41) is 2.44. The first-order valence-corrected chi connectivity index (χ1v) is 8.21. The van der Waals surface area contributed by atoms with E-state index in [-0.39, 0.29) is 12.0 Å². The van der Waals surface area contributed by atoms with Gasteiger partial charge in [0.25, 0.3) is 0 Å². The van der Waals surface area contributed by atoms with E-state index in [4.69, 9.17) is 4.74 Å². The van der Waals surface area contributed by atoms with Gasteiger partial charge in [-0.2, -0.15) is 0 Å². The second-order valence-electron chi connectivity index (χ2n) is 6.56. The number of likely N-dealkylation sites (N-methyl/N-ethyl adjacent to an activating group) is 1. The topological polar surface area (TPSA) is 29.5 Å². The highest BCUT2D eigenvalue weighted by Gasteiger charge is 2.42. The Hall–Kier alpha value is -2.13. The maximum atomic E-state index is 12.4. The molecule has 3 heteroatoms. The van der Waals surface area contributed by atoms with Crippen LogP contribution in [-0.2, 0) is 9.53 Å². The van der Waals surface area contributed by atoms with Crippen LogP contribution in [0.3, 0.4) is 0 Å². The summed E-state index contributed by atoms with van der Waals surface area (Å²) in [7, 11) is 3.61. The third-order valence-corrected chi connectivity index (χ3v) is 5.44. The Kier molecular flexibility index (Phi) is 3.46. The first-order chi connectivity index (χ1) is 11.2. The van der Waals surface area contributed by atoms with Crippen molar-refractivity contribution in [1.29, 1.82) is 0 Å². The summed E-state index contributed by atoms with van der Waals surface area (Å²) in [6.45, 7) is 0. The van der Waals surface area contributed by atoms with Crippen LogP contribution in [-0.4, -0.2) is 37.1 Å². The third kappa shape index (κ3) is 2.27. The van der Waals surface area contributed by atoms with Crippen LogP contribution in [0.4, 0.5) is 0 Å². The van der Waals surface area contributed by atoms with Gasteiger partial charge < -0.3 is 4.74 Å². The van der Waals surface area contributed by atoms with Gasteiger partial charge in [-0.1, -0.05) is 36.4 Å². The predicted octanol–water partition coefficient (Wildman–Crippen LogP) is 3.63. The van der Waals surface area contributed by atoms with Crippen LogP contribution < -0.4 is 0 Å². The van der Waals surface area contributed by atoms with Crippen molar-refractivity contribution < 1.29 is 9.53 Å². The number of nitrogens with zero attached hydrogens (tertiary/aromatic N) is 1. The molecule has 1 unspecified atom stereocenters. The molecule has 0 aromatic heterocycles. The van der Waals surface area contributed by atoms with Gasteiger partial charge in [0.2, 0.25) is 0 Å². The second-order valence-corrected chi connectivity index (χ2v) is 6.56. The van der Waals surface area contributed by atoms with Crippen LogP contribution in [0.2, 0.25) is 0 Å². The first kappa shape index (κ1) is 14.5. The van der Waals surface area contributed by atoms with Crippen molar-refractivity contribution in [3.05, 3.63) is 53.6 Å². The summed E-state index contributed by atoms with van der Waals surface area (Å²) in [5.74, 6) is -0.176. The van der Waals surface area contributed by atoms with E-state index in [0.29, 0.717) is 6.04 Å². The Balaban J connectivity index is 1.88. The first-order valence-electron chi connectivity index (χ1n) is 8.21. The van der Waals surface area contributed by atoms with Gasteiger partial charge in [-0.25, -0.2) is 4.79 Å². The lowest BCUT2D eigenvalue weighted by Crippen LogP contribution is -2.40. The smallest absolute Gasteiger partial charge is 0.335 e. The van der Waals surface area contributed by atoms with E-state index in [2.05, 4.69) is 54.4 Å². The molecule has 3 nitrogen and oxygen atoms in total. The molecule has 2 heterocycles. The fourth-order valence-electron chi connectivity index (χ4n) is 4.17. The Morgan fingerprint density at radius 1 is 1.13 bits per heavy atom. The van der Waals surface area contributed by atoms with Gasteiger partial charge in [-0.05, 0) is 54.3 Å². The molecule has 1 saturated heterocycles. The van der Waals surface area contributed by atoms with Gasteiger partial charge in [-0.15, -0.1) is 0 Å². The minimum atomic E-state index is -0.176. The Labute approximate surface area is 136 Å². The minimum Gasteiger partial charge on any atom is -0.466 e. The van der Waals surface area contributed by atoms with Gasteiger partial charge in [-0.3, -0.25) is 4.90 Å². The van der Waals surface area contributed by atoms with Crippen molar-refractivity contribution in [3.8, 4) is 0 Å². The van der Waals surface area contributed by atoms with E-state index >= 15 is 0 Å². The Bertz CT molecular complexity index is 808. The predicted molar refractivity (Wildman–Crippen MR) is 92.1 cm³/mol. The molecule has 2 aromatic carbocycles. The molecular formula is C20H21NO2. The molecule has 2 atom stereocenters. The monoisotopic (exact) mass is 307 g/mol. The van der Waals surface area contributed by atoms with E-state index in [1.54, 1.807) is 0 Å². The molecular weight excluding hydrogens is 286 g/mol. The van der Waals surface area contributed by atoms with Crippen molar-refractivity contribution in [2.75, 3.05) is 14.2 Å². The van der Waals surface area contributed by atoms with Crippen LogP contribution in [0.25, 0.3) is 16.3 Å². The van der Waals surface area contributed by atoms with Gasteiger partial charge in [0.15, 0.2) is 0 Å². The third-order valence-electron chi connectivity index (χ3n) is 5.44. The number of carbonyl (C=O) groups is 1. The highest BCUT2D eigenvalue weighted by Crippen LogP contribution is 2.42. The van der Waals surface area contributed by atoms with Gasteiger partial charge in [0.1, 0.15) is 0 Å². The molecule has 23 heavy (non-hydrogen) atoms. The average molecular weight is 307 g/mol. The summed E-state index contributed by atoms with van der Waals surface area (Å²) >= 11 is 0. The maximum absolute atomic E-state index is 12.4. The van der Waals surface area contributed by atoms with E-state index in [1.165, 1.54) is 23.5 Å². The van der Waals surface area contributed by atoms with E-state index in [9.17, 15) is 4.79 Å². The summed E-state index contributed by atoms with van der Waals surface area (Å²) in [4.78, 5) is 14.8.